The van der Waals surface area contributed by atoms with Crippen LogP contribution in [0.4, 0.5) is 0 Å². The van der Waals surface area contributed by atoms with Crippen LogP contribution in [0.3, 0.4) is 0 Å². The van der Waals surface area contributed by atoms with Crippen LogP contribution in [-0.4, -0.2) is 47.3 Å². The Labute approximate surface area is 112 Å². The van der Waals surface area contributed by atoms with Gasteiger partial charge in [-0.2, -0.15) is 11.8 Å². The molecule has 2 nitrogen and oxygen atoms in total. The molecule has 1 saturated heterocycles. The number of unbranched alkanes of at least 4 members (excludes halogenated alkanes) is 2. The minimum Gasteiger partial charge on any atom is -0.393 e. The quantitative estimate of drug-likeness (QED) is 0.678. The summed E-state index contributed by atoms with van der Waals surface area (Å²) in [5, 5.41) is 9.58. The fourth-order valence-electron chi connectivity index (χ4n) is 2.19. The first-order valence-corrected chi connectivity index (χ1v) is 7.96. The number of hydrogen-bond donors (Lipinski definition) is 1. The Bertz CT molecular complexity index is 160. The number of hydrogen-bond acceptors (Lipinski definition) is 3. The van der Waals surface area contributed by atoms with Gasteiger partial charge in [0.15, 0.2) is 0 Å². The largest absolute Gasteiger partial charge is 0.393 e. The molecule has 0 amide bonds. The maximum absolute atomic E-state index is 9.58. The predicted octanol–water partition coefficient (Wildman–Crippen LogP) is 3.39. The fraction of sp³-hybridized carbons (Fsp3) is 1.00. The van der Waals surface area contributed by atoms with Crippen LogP contribution in [0.1, 0.15) is 52.9 Å². The van der Waals surface area contributed by atoms with E-state index in [9.17, 15) is 5.11 Å². The van der Waals surface area contributed by atoms with Gasteiger partial charge in [-0.3, -0.25) is 0 Å². The molecule has 0 saturated carbocycles. The fourth-order valence-corrected chi connectivity index (χ4v) is 3.17. The summed E-state index contributed by atoms with van der Waals surface area (Å²) in [6.07, 6.45) is 6.83. The average Bonchev–Trinajstić information content (AvgIpc) is 2.30. The Hall–Kier alpha value is 0.270. The normalized spacial score (nSPS) is 18.7. The average molecular weight is 261 g/mol. The first-order valence-electron chi connectivity index (χ1n) is 6.81. The maximum Gasteiger partial charge on any atom is 0.0540 e. The zero-order valence-electron chi connectivity index (χ0n) is 10.7. The van der Waals surface area contributed by atoms with Crippen molar-refractivity contribution in [2.45, 2.75) is 59.0 Å². The van der Waals surface area contributed by atoms with Gasteiger partial charge in [0.1, 0.15) is 0 Å². The van der Waals surface area contributed by atoms with Crippen LogP contribution in [0.25, 0.3) is 0 Å². The molecule has 0 aromatic rings. The molecule has 0 aliphatic carbocycles. The van der Waals surface area contributed by atoms with Crippen LogP contribution < -0.4 is 0 Å². The predicted molar refractivity (Wildman–Crippen MR) is 79.9 cm³/mol. The third-order valence-electron chi connectivity index (χ3n) is 3.24. The molecular weight excluding hydrogens is 230 g/mol. The molecule has 17 heavy (non-hydrogen) atoms. The molecule has 104 valence electrons. The molecule has 1 fully saturated rings. The van der Waals surface area contributed by atoms with Crippen LogP contribution in [0.5, 0.6) is 0 Å². The Kier molecular flexibility index (Phi) is 11.5. The van der Waals surface area contributed by atoms with Crippen LogP contribution in [0.15, 0.2) is 0 Å². The zero-order chi connectivity index (χ0) is 11.6. The lowest BCUT2D eigenvalue weighted by atomic mass is 10.1. The molecule has 0 aromatic carbocycles. The highest BCUT2D eigenvalue weighted by molar-refractivity contribution is 7.99. The van der Waals surface area contributed by atoms with Gasteiger partial charge in [0, 0.05) is 24.6 Å². The zero-order valence-corrected chi connectivity index (χ0v) is 11.5. The Morgan fingerprint density at radius 1 is 1.12 bits per heavy atom. The van der Waals surface area contributed by atoms with Crippen molar-refractivity contribution < 1.29 is 5.11 Å². The van der Waals surface area contributed by atoms with E-state index in [0.717, 1.165) is 19.3 Å². The van der Waals surface area contributed by atoms with E-state index < -0.39 is 0 Å². The summed E-state index contributed by atoms with van der Waals surface area (Å²) in [4.78, 5) is 2.58. The van der Waals surface area contributed by atoms with Gasteiger partial charge in [-0.1, -0.05) is 33.6 Å². The van der Waals surface area contributed by atoms with Crippen molar-refractivity contribution in [3.05, 3.63) is 0 Å². The molecule has 1 unspecified atom stereocenters. The molecule has 1 N–H and O–H groups in total. The summed E-state index contributed by atoms with van der Waals surface area (Å²) in [5.74, 6) is 2.63. The second-order valence-electron chi connectivity index (χ2n) is 4.75. The van der Waals surface area contributed by atoms with Gasteiger partial charge in [0.2, 0.25) is 0 Å². The molecule has 0 bridgehead atoms. The molecule has 1 heterocycles. The molecule has 0 aromatic heterocycles. The van der Waals surface area contributed by atoms with E-state index in [2.05, 4.69) is 23.6 Å². The van der Waals surface area contributed by atoms with Gasteiger partial charge in [-0.05, 0) is 25.8 Å². The molecule has 3 heteroatoms. The molecule has 1 atom stereocenters. The summed E-state index contributed by atoms with van der Waals surface area (Å²) in [6, 6.07) is 0. The highest BCUT2D eigenvalue weighted by Crippen LogP contribution is 2.12. The van der Waals surface area contributed by atoms with Gasteiger partial charge in [-0.25, -0.2) is 0 Å². The van der Waals surface area contributed by atoms with E-state index in [1.807, 2.05) is 0 Å². The third kappa shape index (κ3) is 8.92. The topological polar surface area (TPSA) is 23.5 Å². The van der Waals surface area contributed by atoms with Crippen molar-refractivity contribution in [1.82, 2.24) is 4.90 Å². The van der Waals surface area contributed by atoms with Gasteiger partial charge >= 0.3 is 0 Å². The van der Waals surface area contributed by atoms with Gasteiger partial charge in [0.05, 0.1) is 6.10 Å². The second kappa shape index (κ2) is 11.4. The van der Waals surface area contributed by atoms with Crippen molar-refractivity contribution in [2.24, 2.45) is 0 Å². The minimum absolute atomic E-state index is 0. The monoisotopic (exact) mass is 261 g/mol. The second-order valence-corrected chi connectivity index (χ2v) is 5.97. The number of nitrogens with zero attached hydrogens (tertiary/aromatic N) is 1. The maximum atomic E-state index is 9.58. The van der Waals surface area contributed by atoms with Crippen LogP contribution in [0, 0.1) is 0 Å². The van der Waals surface area contributed by atoms with Crippen LogP contribution in [0.2, 0.25) is 0 Å². The van der Waals surface area contributed by atoms with Gasteiger partial charge < -0.3 is 10.0 Å². The van der Waals surface area contributed by atoms with Crippen molar-refractivity contribution in [1.29, 1.82) is 0 Å². The standard InChI is InChI=1S/C13H27NOS.CH4/c1-2-6-13(15)7-4-3-5-8-14-9-11-16-12-10-14;/h13,15H,2-12H2,1H3;1H4. The van der Waals surface area contributed by atoms with E-state index in [4.69, 9.17) is 0 Å². The summed E-state index contributed by atoms with van der Waals surface area (Å²) in [6.45, 7) is 5.97. The summed E-state index contributed by atoms with van der Waals surface area (Å²) in [5.41, 5.74) is 0. The number of rotatable bonds is 8. The van der Waals surface area contributed by atoms with E-state index in [1.165, 1.54) is 50.4 Å². The van der Waals surface area contributed by atoms with Crippen molar-refractivity contribution in [3.63, 3.8) is 0 Å². The first-order chi connectivity index (χ1) is 7.83. The van der Waals surface area contributed by atoms with Crippen molar-refractivity contribution in [3.8, 4) is 0 Å². The molecule has 0 spiro atoms. The van der Waals surface area contributed by atoms with Crippen molar-refractivity contribution in [2.75, 3.05) is 31.1 Å². The highest BCUT2D eigenvalue weighted by Gasteiger charge is 2.09. The SMILES string of the molecule is C.CCCC(O)CCCCCN1CCSCC1. The number of aliphatic hydroxyl groups excluding tert-OH is 1. The van der Waals surface area contributed by atoms with Crippen molar-refractivity contribution >= 4 is 11.8 Å². The number of thioether (sulfide) groups is 1. The molecule has 0 radical (unpaired) electrons. The third-order valence-corrected chi connectivity index (χ3v) is 4.18. The lowest BCUT2D eigenvalue weighted by molar-refractivity contribution is 0.149. The molecular formula is C14H31NOS. The summed E-state index contributed by atoms with van der Waals surface area (Å²) in [7, 11) is 0. The molecule has 1 aliphatic rings. The summed E-state index contributed by atoms with van der Waals surface area (Å²) < 4.78 is 0. The summed E-state index contributed by atoms with van der Waals surface area (Å²) >= 11 is 2.08. The Morgan fingerprint density at radius 2 is 1.82 bits per heavy atom. The molecule has 1 aliphatic heterocycles. The van der Waals surface area contributed by atoms with Crippen LogP contribution >= 0.6 is 11.8 Å². The van der Waals surface area contributed by atoms with E-state index in [0.29, 0.717) is 0 Å². The van der Waals surface area contributed by atoms with E-state index in [-0.39, 0.29) is 13.5 Å². The minimum atomic E-state index is -0.0450. The number of aliphatic hydroxyl groups is 1. The Morgan fingerprint density at radius 3 is 2.47 bits per heavy atom. The highest BCUT2D eigenvalue weighted by atomic mass is 32.2. The van der Waals surface area contributed by atoms with E-state index >= 15 is 0 Å². The van der Waals surface area contributed by atoms with E-state index in [1.54, 1.807) is 0 Å². The Balaban J connectivity index is 0.00000256. The lowest BCUT2D eigenvalue weighted by Gasteiger charge is -2.25. The van der Waals surface area contributed by atoms with Gasteiger partial charge in [-0.15, -0.1) is 0 Å². The van der Waals surface area contributed by atoms with Crippen LogP contribution in [-0.2, 0) is 0 Å². The lowest BCUT2D eigenvalue weighted by Crippen LogP contribution is -2.33. The first kappa shape index (κ1) is 17.3. The molecule has 1 rings (SSSR count). The van der Waals surface area contributed by atoms with Gasteiger partial charge in [0.25, 0.3) is 0 Å². The smallest absolute Gasteiger partial charge is 0.0540 e.